The number of carbonyl (C=O) groups excluding carboxylic acids is 1. The van der Waals surface area contributed by atoms with Crippen molar-refractivity contribution in [3.8, 4) is 0 Å². The summed E-state index contributed by atoms with van der Waals surface area (Å²) in [7, 11) is -3.47. The number of amides is 1. The van der Waals surface area contributed by atoms with Gasteiger partial charge in [0.15, 0.2) is 0 Å². The minimum Gasteiger partial charge on any atom is -0.376 e. The van der Waals surface area contributed by atoms with Crippen molar-refractivity contribution < 1.29 is 17.9 Å². The van der Waals surface area contributed by atoms with Gasteiger partial charge in [0, 0.05) is 17.9 Å². The summed E-state index contributed by atoms with van der Waals surface area (Å²) < 4.78 is 32.8. The number of rotatable bonds is 7. The van der Waals surface area contributed by atoms with Crippen LogP contribution in [-0.2, 0) is 21.3 Å². The Hall–Kier alpha value is -2.42. The minimum absolute atomic E-state index is 0.0937. The second-order valence-electron chi connectivity index (χ2n) is 7.43. The van der Waals surface area contributed by atoms with E-state index in [2.05, 4.69) is 5.32 Å². The molecule has 2 aromatic carbocycles. The Morgan fingerprint density at radius 3 is 2.70 bits per heavy atom. The summed E-state index contributed by atoms with van der Waals surface area (Å²) in [6.07, 6.45) is 3.30. The van der Waals surface area contributed by atoms with E-state index in [0.717, 1.165) is 35.1 Å². The fraction of sp³-hybridized carbons (Fsp3) is 0.318. The number of hydrogen-bond donors (Lipinski definition) is 1. The lowest BCUT2D eigenvalue weighted by Crippen LogP contribution is -2.31. The lowest BCUT2D eigenvalue weighted by molar-refractivity contribution is 0.0861. The van der Waals surface area contributed by atoms with Gasteiger partial charge in [-0.3, -0.25) is 9.10 Å². The van der Waals surface area contributed by atoms with Crippen LogP contribution in [0.1, 0.15) is 28.1 Å². The van der Waals surface area contributed by atoms with E-state index >= 15 is 0 Å². The zero-order chi connectivity index (χ0) is 21.1. The van der Waals surface area contributed by atoms with Crippen LogP contribution in [0.15, 0.2) is 54.6 Å². The maximum Gasteiger partial charge on any atom is 0.261 e. The first-order valence-corrected chi connectivity index (χ1v) is 12.5. The van der Waals surface area contributed by atoms with E-state index in [9.17, 15) is 13.2 Å². The Balaban J connectivity index is 1.56. The summed E-state index contributed by atoms with van der Waals surface area (Å²) >= 11 is 1.40. The molecule has 1 aliphatic heterocycles. The van der Waals surface area contributed by atoms with Crippen LogP contribution in [0, 0.1) is 0 Å². The van der Waals surface area contributed by atoms with Gasteiger partial charge in [0.05, 0.1) is 29.5 Å². The molecule has 8 heteroatoms. The molecule has 3 aromatic rings. The zero-order valence-corrected chi connectivity index (χ0v) is 18.3. The molecule has 1 saturated heterocycles. The van der Waals surface area contributed by atoms with Crippen LogP contribution in [0.3, 0.4) is 0 Å². The molecular formula is C22H24N2O4S2. The third-order valence-electron chi connectivity index (χ3n) is 5.10. The normalized spacial score (nSPS) is 16.6. The lowest BCUT2D eigenvalue weighted by atomic mass is 10.2. The molecule has 1 fully saturated rings. The summed E-state index contributed by atoms with van der Waals surface area (Å²) in [5.41, 5.74) is 1.49. The number of fused-ring (bicyclic) bond motifs is 1. The summed E-state index contributed by atoms with van der Waals surface area (Å²) in [6, 6.07) is 16.8. The van der Waals surface area contributed by atoms with E-state index in [1.807, 2.05) is 48.5 Å². The molecule has 0 spiro atoms. The van der Waals surface area contributed by atoms with Crippen LogP contribution in [0.25, 0.3) is 10.1 Å². The molecule has 0 saturated carbocycles. The fourth-order valence-electron chi connectivity index (χ4n) is 3.55. The highest BCUT2D eigenvalue weighted by atomic mass is 32.2. The molecule has 158 valence electrons. The van der Waals surface area contributed by atoms with Crippen LogP contribution in [-0.4, -0.2) is 39.8 Å². The Morgan fingerprint density at radius 2 is 2.00 bits per heavy atom. The van der Waals surface area contributed by atoms with Crippen molar-refractivity contribution >= 4 is 43.0 Å². The Kier molecular flexibility index (Phi) is 6.08. The second-order valence-corrected chi connectivity index (χ2v) is 10.4. The third-order valence-corrected chi connectivity index (χ3v) is 7.35. The number of benzene rings is 2. The fourth-order valence-corrected chi connectivity index (χ4v) is 5.39. The topological polar surface area (TPSA) is 75.7 Å². The van der Waals surface area contributed by atoms with Crippen molar-refractivity contribution in [3.05, 3.63) is 65.0 Å². The van der Waals surface area contributed by atoms with E-state index in [4.69, 9.17) is 4.74 Å². The summed E-state index contributed by atoms with van der Waals surface area (Å²) in [5.74, 6) is -0.127. The van der Waals surface area contributed by atoms with E-state index in [1.165, 1.54) is 21.9 Å². The molecule has 0 unspecified atom stereocenters. The quantitative estimate of drug-likeness (QED) is 0.602. The predicted molar refractivity (Wildman–Crippen MR) is 121 cm³/mol. The van der Waals surface area contributed by atoms with Gasteiger partial charge in [0.1, 0.15) is 0 Å². The van der Waals surface area contributed by atoms with Crippen LogP contribution >= 0.6 is 11.3 Å². The maximum absolute atomic E-state index is 12.5. The maximum atomic E-state index is 12.5. The Morgan fingerprint density at radius 1 is 1.20 bits per heavy atom. The second kappa shape index (κ2) is 8.75. The molecule has 1 N–H and O–H groups in total. The highest BCUT2D eigenvalue weighted by Crippen LogP contribution is 2.31. The van der Waals surface area contributed by atoms with Crippen molar-refractivity contribution in [1.29, 1.82) is 0 Å². The minimum atomic E-state index is -3.47. The zero-order valence-electron chi connectivity index (χ0n) is 16.7. The van der Waals surface area contributed by atoms with Gasteiger partial charge in [0.25, 0.3) is 5.91 Å². The SMILES string of the molecule is CS(=O)(=O)N(Cc1ccccc1)c1ccc2sc(C(=O)NC[C@H]3CCCO3)cc2c1. The van der Waals surface area contributed by atoms with Gasteiger partial charge in [-0.05, 0) is 48.1 Å². The average Bonchev–Trinajstić information content (AvgIpc) is 3.39. The van der Waals surface area contributed by atoms with Gasteiger partial charge in [-0.2, -0.15) is 0 Å². The molecule has 30 heavy (non-hydrogen) atoms. The third kappa shape index (κ3) is 4.83. The van der Waals surface area contributed by atoms with Crippen LogP contribution in [0.4, 0.5) is 5.69 Å². The molecule has 4 rings (SSSR count). The molecule has 1 aliphatic rings. The lowest BCUT2D eigenvalue weighted by Gasteiger charge is -2.22. The summed E-state index contributed by atoms with van der Waals surface area (Å²) in [6.45, 7) is 1.52. The number of thiophene rings is 1. The number of nitrogens with one attached hydrogen (secondary N) is 1. The smallest absolute Gasteiger partial charge is 0.261 e. The molecule has 0 bridgehead atoms. The Bertz CT molecular complexity index is 1140. The number of sulfonamides is 1. The molecule has 0 radical (unpaired) electrons. The average molecular weight is 445 g/mol. The summed E-state index contributed by atoms with van der Waals surface area (Å²) in [5, 5.41) is 3.78. The van der Waals surface area contributed by atoms with E-state index in [1.54, 1.807) is 6.07 Å². The molecule has 1 amide bonds. The van der Waals surface area contributed by atoms with Crippen molar-refractivity contribution in [2.75, 3.05) is 23.7 Å². The van der Waals surface area contributed by atoms with Crippen LogP contribution in [0.2, 0.25) is 0 Å². The highest BCUT2D eigenvalue weighted by Gasteiger charge is 2.20. The first-order chi connectivity index (χ1) is 14.4. The number of anilines is 1. The van der Waals surface area contributed by atoms with Gasteiger partial charge in [-0.25, -0.2) is 8.42 Å². The number of nitrogens with zero attached hydrogens (tertiary/aromatic N) is 1. The molecule has 2 heterocycles. The number of carbonyl (C=O) groups is 1. The number of hydrogen-bond acceptors (Lipinski definition) is 5. The largest absolute Gasteiger partial charge is 0.376 e. The molecule has 1 aromatic heterocycles. The van der Waals surface area contributed by atoms with Crippen LogP contribution in [0.5, 0.6) is 0 Å². The molecular weight excluding hydrogens is 420 g/mol. The van der Waals surface area contributed by atoms with Gasteiger partial charge in [-0.15, -0.1) is 11.3 Å². The van der Waals surface area contributed by atoms with E-state index in [-0.39, 0.29) is 18.6 Å². The molecule has 0 aliphatic carbocycles. The van der Waals surface area contributed by atoms with E-state index < -0.39 is 10.0 Å². The summed E-state index contributed by atoms with van der Waals surface area (Å²) in [4.78, 5) is 13.1. The Labute approximate surface area is 180 Å². The van der Waals surface area contributed by atoms with Crippen molar-refractivity contribution in [2.45, 2.75) is 25.5 Å². The van der Waals surface area contributed by atoms with Crippen LogP contribution < -0.4 is 9.62 Å². The van der Waals surface area contributed by atoms with Crippen molar-refractivity contribution in [1.82, 2.24) is 5.32 Å². The standard InChI is InChI=1S/C22H24N2O4S2/c1-30(26,27)24(15-16-6-3-2-4-7-16)18-9-10-20-17(12-18)13-21(29-20)22(25)23-14-19-8-5-11-28-19/h2-4,6-7,9-10,12-13,19H,5,8,11,14-15H2,1H3,(H,23,25)/t19-/m1/s1. The first-order valence-electron chi connectivity index (χ1n) is 9.85. The van der Waals surface area contributed by atoms with Crippen molar-refractivity contribution in [2.24, 2.45) is 0 Å². The van der Waals surface area contributed by atoms with Gasteiger partial charge >= 0.3 is 0 Å². The molecule has 1 atom stereocenters. The van der Waals surface area contributed by atoms with Gasteiger partial charge in [-0.1, -0.05) is 30.3 Å². The van der Waals surface area contributed by atoms with Crippen molar-refractivity contribution in [3.63, 3.8) is 0 Å². The number of ether oxygens (including phenoxy) is 1. The first kappa shape index (κ1) is 20.8. The van der Waals surface area contributed by atoms with Gasteiger partial charge in [0.2, 0.25) is 10.0 Å². The monoisotopic (exact) mass is 444 g/mol. The van der Waals surface area contributed by atoms with E-state index in [0.29, 0.717) is 17.1 Å². The molecule has 6 nitrogen and oxygen atoms in total. The highest BCUT2D eigenvalue weighted by molar-refractivity contribution is 7.92. The van der Waals surface area contributed by atoms with Gasteiger partial charge < -0.3 is 10.1 Å². The predicted octanol–water partition coefficient (Wildman–Crippen LogP) is 3.78.